The molecule has 110 valence electrons. The number of hydrogen-bond acceptors (Lipinski definition) is 2. The first-order valence-electron chi connectivity index (χ1n) is 7.16. The van der Waals surface area contributed by atoms with Gasteiger partial charge in [0.05, 0.1) is 0 Å². The minimum Gasteiger partial charge on any atom is -0.489 e. The normalized spacial score (nSPS) is 10.4. The molecule has 2 aromatic carbocycles. The third-order valence-corrected chi connectivity index (χ3v) is 3.93. The molecule has 0 saturated carbocycles. The van der Waals surface area contributed by atoms with Crippen LogP contribution in [0.3, 0.4) is 0 Å². The Morgan fingerprint density at radius 3 is 2.62 bits per heavy atom. The molecule has 3 heteroatoms. The molecule has 0 N–H and O–H groups in total. The molecule has 0 spiro atoms. The quantitative estimate of drug-likeness (QED) is 0.713. The molecule has 0 amide bonds. The zero-order valence-electron chi connectivity index (χ0n) is 12.4. The molecule has 0 aliphatic heterocycles. The second-order valence-electron chi connectivity index (χ2n) is 4.86. The largest absolute Gasteiger partial charge is 0.489 e. The summed E-state index contributed by atoms with van der Waals surface area (Å²) in [7, 11) is 0. The summed E-state index contributed by atoms with van der Waals surface area (Å²) in [6.45, 7) is 4.51. The monoisotopic (exact) mass is 302 g/mol. The maximum absolute atomic E-state index is 11.1. The average molecular weight is 303 g/mol. The summed E-state index contributed by atoms with van der Waals surface area (Å²) in [5.41, 5.74) is 3.70. The van der Waals surface area contributed by atoms with Crippen LogP contribution in [0.1, 0.15) is 40.9 Å². The predicted molar refractivity (Wildman–Crippen MR) is 86.4 cm³/mol. The molecule has 0 aliphatic rings. The molecule has 0 aliphatic carbocycles. The summed E-state index contributed by atoms with van der Waals surface area (Å²) >= 11 is 6.17. The van der Waals surface area contributed by atoms with Crippen molar-refractivity contribution in [2.45, 2.75) is 33.3 Å². The summed E-state index contributed by atoms with van der Waals surface area (Å²) in [4.78, 5) is 11.1. The van der Waals surface area contributed by atoms with Crippen molar-refractivity contribution in [2.24, 2.45) is 0 Å². The minimum absolute atomic E-state index is 0.300. The molecule has 2 aromatic rings. The highest BCUT2D eigenvalue weighted by Gasteiger charge is 2.09. The number of rotatable bonds is 6. The van der Waals surface area contributed by atoms with Crippen LogP contribution >= 0.6 is 11.6 Å². The van der Waals surface area contributed by atoms with Crippen LogP contribution in [-0.4, -0.2) is 6.29 Å². The zero-order chi connectivity index (χ0) is 15.2. The van der Waals surface area contributed by atoms with Gasteiger partial charge in [0.25, 0.3) is 0 Å². The summed E-state index contributed by atoms with van der Waals surface area (Å²) in [6.07, 6.45) is 2.68. The van der Waals surface area contributed by atoms with Crippen LogP contribution in [-0.2, 0) is 19.4 Å². The van der Waals surface area contributed by atoms with Gasteiger partial charge >= 0.3 is 0 Å². The van der Waals surface area contributed by atoms with Gasteiger partial charge < -0.3 is 4.74 Å². The highest BCUT2D eigenvalue weighted by Crippen LogP contribution is 2.25. The van der Waals surface area contributed by atoms with Crippen molar-refractivity contribution in [2.75, 3.05) is 0 Å². The van der Waals surface area contributed by atoms with Gasteiger partial charge in [-0.1, -0.05) is 49.7 Å². The van der Waals surface area contributed by atoms with E-state index in [4.69, 9.17) is 16.3 Å². The Hall–Kier alpha value is -1.80. The number of halogens is 1. The van der Waals surface area contributed by atoms with Crippen molar-refractivity contribution in [1.29, 1.82) is 0 Å². The number of aldehydes is 1. The van der Waals surface area contributed by atoms with Crippen molar-refractivity contribution in [1.82, 2.24) is 0 Å². The molecule has 0 radical (unpaired) electrons. The van der Waals surface area contributed by atoms with Gasteiger partial charge in [-0.25, -0.2) is 0 Å². The first kappa shape index (κ1) is 15.6. The number of aryl methyl sites for hydroxylation is 2. The van der Waals surface area contributed by atoms with Crippen molar-refractivity contribution in [3.05, 3.63) is 63.7 Å². The second kappa shape index (κ2) is 7.28. The van der Waals surface area contributed by atoms with Crippen LogP contribution in [0.4, 0.5) is 0 Å². The topological polar surface area (TPSA) is 26.3 Å². The molecule has 0 unspecified atom stereocenters. The van der Waals surface area contributed by atoms with Crippen LogP contribution < -0.4 is 4.74 Å². The molecule has 21 heavy (non-hydrogen) atoms. The zero-order valence-corrected chi connectivity index (χ0v) is 13.1. The van der Waals surface area contributed by atoms with Crippen LogP contribution in [0.2, 0.25) is 5.02 Å². The fourth-order valence-electron chi connectivity index (χ4n) is 2.23. The van der Waals surface area contributed by atoms with E-state index in [9.17, 15) is 4.79 Å². The van der Waals surface area contributed by atoms with Crippen molar-refractivity contribution in [3.63, 3.8) is 0 Å². The number of carbonyl (C=O) groups is 1. The highest BCUT2D eigenvalue weighted by atomic mass is 35.5. The molecular formula is C18H19ClO2. The van der Waals surface area contributed by atoms with Crippen LogP contribution in [0.25, 0.3) is 0 Å². The first-order valence-corrected chi connectivity index (χ1v) is 7.54. The van der Waals surface area contributed by atoms with E-state index in [1.807, 2.05) is 0 Å². The number of benzene rings is 2. The Labute approximate surface area is 130 Å². The molecule has 0 bridgehead atoms. The standard InChI is InChI=1S/C18H19ClO2/c1-3-13-8-9-14(4-2)18(10-13)21-12-16-15(11-20)6-5-7-17(16)19/h5-11H,3-4,12H2,1-2H3. The smallest absolute Gasteiger partial charge is 0.150 e. The lowest BCUT2D eigenvalue weighted by Crippen LogP contribution is -2.03. The lowest BCUT2D eigenvalue weighted by molar-refractivity contribution is 0.112. The van der Waals surface area contributed by atoms with Gasteiger partial charge in [0.1, 0.15) is 12.4 Å². The molecule has 2 rings (SSSR count). The molecule has 0 heterocycles. The number of carbonyl (C=O) groups excluding carboxylic acids is 1. The fraction of sp³-hybridized carbons (Fsp3) is 0.278. The van der Waals surface area contributed by atoms with Crippen molar-refractivity contribution >= 4 is 17.9 Å². The van der Waals surface area contributed by atoms with E-state index < -0.39 is 0 Å². The molecule has 0 fully saturated rings. The van der Waals surface area contributed by atoms with Gasteiger partial charge in [-0.05, 0) is 36.1 Å². The third kappa shape index (κ3) is 3.64. The Bertz CT molecular complexity index is 635. The van der Waals surface area contributed by atoms with E-state index in [0.29, 0.717) is 17.2 Å². The predicted octanol–water partition coefficient (Wildman–Crippen LogP) is 4.86. The number of ether oxygens (including phenoxy) is 1. The van der Waals surface area contributed by atoms with Gasteiger partial charge in [-0.2, -0.15) is 0 Å². The summed E-state index contributed by atoms with van der Waals surface area (Å²) in [5.74, 6) is 0.869. The third-order valence-electron chi connectivity index (χ3n) is 3.57. The molecule has 0 aromatic heterocycles. The Morgan fingerprint density at radius 1 is 1.14 bits per heavy atom. The second-order valence-corrected chi connectivity index (χ2v) is 5.27. The van der Waals surface area contributed by atoms with E-state index in [1.54, 1.807) is 18.2 Å². The van der Waals surface area contributed by atoms with Gasteiger partial charge in [-0.3, -0.25) is 4.79 Å². The molecule has 0 saturated heterocycles. The van der Waals surface area contributed by atoms with Crippen molar-refractivity contribution in [3.8, 4) is 5.75 Å². The van der Waals surface area contributed by atoms with E-state index >= 15 is 0 Å². The van der Waals surface area contributed by atoms with Crippen molar-refractivity contribution < 1.29 is 9.53 Å². The van der Waals surface area contributed by atoms with Crippen LogP contribution in [0.5, 0.6) is 5.75 Å². The summed E-state index contributed by atoms with van der Waals surface area (Å²) < 4.78 is 5.94. The lowest BCUT2D eigenvalue weighted by Gasteiger charge is -2.14. The average Bonchev–Trinajstić information content (AvgIpc) is 2.53. The van der Waals surface area contributed by atoms with Crippen LogP contribution in [0, 0.1) is 0 Å². The summed E-state index contributed by atoms with van der Waals surface area (Å²) in [6, 6.07) is 11.6. The van der Waals surface area contributed by atoms with E-state index in [2.05, 4.69) is 32.0 Å². The molecule has 0 atom stereocenters. The molecule has 2 nitrogen and oxygen atoms in total. The fourth-order valence-corrected chi connectivity index (χ4v) is 2.47. The van der Waals surface area contributed by atoms with E-state index in [0.717, 1.165) is 36.0 Å². The first-order chi connectivity index (χ1) is 10.2. The Morgan fingerprint density at radius 2 is 1.95 bits per heavy atom. The maximum atomic E-state index is 11.1. The highest BCUT2D eigenvalue weighted by molar-refractivity contribution is 6.31. The van der Waals surface area contributed by atoms with Gasteiger partial charge in [0.15, 0.2) is 6.29 Å². The SMILES string of the molecule is CCc1ccc(CC)c(OCc2c(Cl)cccc2C=O)c1. The minimum atomic E-state index is 0.300. The van der Waals surface area contributed by atoms with Crippen LogP contribution in [0.15, 0.2) is 36.4 Å². The number of hydrogen-bond donors (Lipinski definition) is 0. The van der Waals surface area contributed by atoms with Gasteiger partial charge in [0, 0.05) is 16.1 Å². The Kier molecular flexibility index (Phi) is 5.40. The Balaban J connectivity index is 2.26. The van der Waals surface area contributed by atoms with Gasteiger partial charge in [0.2, 0.25) is 0 Å². The molecular weight excluding hydrogens is 284 g/mol. The maximum Gasteiger partial charge on any atom is 0.150 e. The lowest BCUT2D eigenvalue weighted by atomic mass is 10.1. The van der Waals surface area contributed by atoms with Gasteiger partial charge in [-0.15, -0.1) is 0 Å². The van der Waals surface area contributed by atoms with E-state index in [-0.39, 0.29) is 0 Å². The van der Waals surface area contributed by atoms with E-state index in [1.165, 1.54) is 5.56 Å². The summed E-state index contributed by atoms with van der Waals surface area (Å²) in [5, 5.41) is 0.560.